The van der Waals surface area contributed by atoms with Gasteiger partial charge in [-0.1, -0.05) is 26.0 Å². The van der Waals surface area contributed by atoms with Crippen LogP contribution in [0.2, 0.25) is 0 Å². The van der Waals surface area contributed by atoms with Crippen molar-refractivity contribution in [2.24, 2.45) is 5.92 Å². The molecule has 0 saturated carbocycles. The van der Waals surface area contributed by atoms with Crippen LogP contribution >= 0.6 is 0 Å². The molecule has 2 aliphatic rings. The van der Waals surface area contributed by atoms with Crippen LogP contribution in [0.1, 0.15) is 62.6 Å². The minimum absolute atomic E-state index is 0.100. The minimum Gasteiger partial charge on any atom is -0.335 e. The number of para-hydroxylation sites is 1. The Hall–Kier alpha value is -2.19. The van der Waals surface area contributed by atoms with Gasteiger partial charge in [0.2, 0.25) is 10.0 Å². The fraction of sp³-hybridized carbons (Fsp3) is 0.545. The highest BCUT2D eigenvalue weighted by Gasteiger charge is 2.36. The number of amides is 1. The van der Waals surface area contributed by atoms with Crippen LogP contribution in [0.15, 0.2) is 35.5 Å². The number of carbonyl (C=O) groups is 1. The first-order valence-corrected chi connectivity index (χ1v) is 12.2. The fourth-order valence-corrected chi connectivity index (χ4v) is 5.91. The molecule has 7 nitrogen and oxygen atoms in total. The van der Waals surface area contributed by atoms with Gasteiger partial charge >= 0.3 is 0 Å². The molecule has 1 fully saturated rings. The summed E-state index contributed by atoms with van der Waals surface area (Å²) in [6.45, 7) is 7.50. The summed E-state index contributed by atoms with van der Waals surface area (Å²) in [5, 5.41) is 0. The van der Waals surface area contributed by atoms with E-state index in [2.05, 4.69) is 25.8 Å². The maximum atomic E-state index is 13.4. The highest BCUT2D eigenvalue weighted by atomic mass is 32.2. The Morgan fingerprint density at radius 3 is 2.73 bits per heavy atom. The molecule has 1 saturated heterocycles. The molecule has 0 bridgehead atoms. The van der Waals surface area contributed by atoms with Crippen LogP contribution in [0.25, 0.3) is 5.69 Å². The first-order chi connectivity index (χ1) is 14.3. The van der Waals surface area contributed by atoms with E-state index in [0.29, 0.717) is 29.5 Å². The molecule has 0 radical (unpaired) electrons. The third-order valence-electron chi connectivity index (χ3n) is 6.16. The minimum atomic E-state index is -3.67. The second-order valence-electron chi connectivity index (χ2n) is 8.74. The predicted octanol–water partition coefficient (Wildman–Crippen LogP) is 3.44. The van der Waals surface area contributed by atoms with Crippen molar-refractivity contribution in [1.29, 1.82) is 0 Å². The first-order valence-electron chi connectivity index (χ1n) is 10.8. The molecular weight excluding hydrogens is 400 g/mol. The molecule has 1 aromatic carbocycles. The van der Waals surface area contributed by atoms with E-state index >= 15 is 0 Å². The van der Waals surface area contributed by atoms with Gasteiger partial charge in [-0.2, -0.15) is 4.31 Å². The van der Waals surface area contributed by atoms with E-state index in [9.17, 15) is 13.2 Å². The van der Waals surface area contributed by atoms with E-state index in [0.717, 1.165) is 32.2 Å². The zero-order chi connectivity index (χ0) is 21.5. The summed E-state index contributed by atoms with van der Waals surface area (Å²) in [4.78, 5) is 20.0. The Morgan fingerprint density at radius 2 is 2.00 bits per heavy atom. The maximum absolute atomic E-state index is 13.4. The lowest BCUT2D eigenvalue weighted by molar-refractivity contribution is 0.0628. The summed E-state index contributed by atoms with van der Waals surface area (Å²) >= 11 is 0. The Balaban J connectivity index is 1.80. The monoisotopic (exact) mass is 430 g/mol. The van der Waals surface area contributed by atoms with Crippen molar-refractivity contribution < 1.29 is 13.2 Å². The normalized spacial score (nSPS) is 21.2. The number of aromatic nitrogens is 2. The van der Waals surface area contributed by atoms with Crippen LogP contribution in [0, 0.1) is 5.92 Å². The zero-order valence-electron chi connectivity index (χ0n) is 17.9. The van der Waals surface area contributed by atoms with Crippen molar-refractivity contribution in [3.63, 3.8) is 0 Å². The lowest BCUT2D eigenvalue weighted by Crippen LogP contribution is -2.42. The van der Waals surface area contributed by atoms with Crippen molar-refractivity contribution in [3.8, 4) is 5.69 Å². The smallest absolute Gasteiger partial charge is 0.274 e. The zero-order valence-corrected chi connectivity index (χ0v) is 18.7. The van der Waals surface area contributed by atoms with Crippen LogP contribution in [0.5, 0.6) is 0 Å². The van der Waals surface area contributed by atoms with Gasteiger partial charge in [-0.3, -0.25) is 9.36 Å². The summed E-state index contributed by atoms with van der Waals surface area (Å²) in [5.74, 6) is 0.274. The Labute approximate surface area is 178 Å². The first kappa shape index (κ1) is 21.1. The molecule has 0 N–H and O–H groups in total. The summed E-state index contributed by atoms with van der Waals surface area (Å²) < 4.78 is 30.2. The van der Waals surface area contributed by atoms with E-state index in [4.69, 9.17) is 0 Å². The third kappa shape index (κ3) is 3.67. The number of piperidine rings is 1. The van der Waals surface area contributed by atoms with Crippen LogP contribution in [0.3, 0.4) is 0 Å². The molecule has 1 aromatic heterocycles. The predicted molar refractivity (Wildman–Crippen MR) is 115 cm³/mol. The van der Waals surface area contributed by atoms with Gasteiger partial charge in [-0.05, 0) is 50.7 Å². The molecule has 1 unspecified atom stereocenters. The van der Waals surface area contributed by atoms with Gasteiger partial charge in [0.25, 0.3) is 5.91 Å². The number of hydrogen-bond acceptors (Lipinski definition) is 4. The van der Waals surface area contributed by atoms with Crippen molar-refractivity contribution in [1.82, 2.24) is 18.8 Å². The molecular formula is C22H30N4O3S. The highest BCUT2D eigenvalue weighted by molar-refractivity contribution is 7.89. The molecule has 1 atom stereocenters. The number of benzene rings is 1. The number of hydrogen-bond donors (Lipinski definition) is 0. The molecule has 2 aromatic rings. The third-order valence-corrected chi connectivity index (χ3v) is 8.05. The van der Waals surface area contributed by atoms with Gasteiger partial charge in [0, 0.05) is 19.1 Å². The van der Waals surface area contributed by atoms with Crippen molar-refractivity contribution >= 4 is 15.9 Å². The molecule has 0 aliphatic carbocycles. The van der Waals surface area contributed by atoms with E-state index < -0.39 is 10.0 Å². The number of rotatable bonds is 4. The van der Waals surface area contributed by atoms with Gasteiger partial charge in [-0.15, -0.1) is 0 Å². The summed E-state index contributed by atoms with van der Waals surface area (Å²) in [6.07, 6.45) is 5.45. The largest absolute Gasteiger partial charge is 0.335 e. The highest BCUT2D eigenvalue weighted by Crippen LogP contribution is 2.32. The van der Waals surface area contributed by atoms with Crippen molar-refractivity contribution in [2.45, 2.75) is 63.9 Å². The molecule has 162 valence electrons. The second-order valence-corrected chi connectivity index (χ2v) is 10.6. The number of imidazole rings is 1. The molecule has 3 heterocycles. The summed E-state index contributed by atoms with van der Waals surface area (Å²) in [6, 6.07) is 7.14. The fourth-order valence-electron chi connectivity index (χ4n) is 4.31. The lowest BCUT2D eigenvalue weighted by Gasteiger charge is -2.33. The molecule has 1 amide bonds. The van der Waals surface area contributed by atoms with E-state index in [-0.39, 0.29) is 23.4 Å². The summed E-state index contributed by atoms with van der Waals surface area (Å²) in [5.41, 5.74) is 1.57. The van der Waals surface area contributed by atoms with Crippen LogP contribution in [0.4, 0.5) is 0 Å². The molecule has 8 heteroatoms. The van der Waals surface area contributed by atoms with Crippen molar-refractivity contribution in [2.75, 3.05) is 13.1 Å². The number of likely N-dealkylation sites (tertiary alicyclic amines) is 1. The molecule has 2 aliphatic heterocycles. The second kappa shape index (κ2) is 8.15. The van der Waals surface area contributed by atoms with Crippen LogP contribution in [-0.2, 0) is 16.6 Å². The molecule has 30 heavy (non-hydrogen) atoms. The maximum Gasteiger partial charge on any atom is 0.274 e. The van der Waals surface area contributed by atoms with Gasteiger partial charge in [0.1, 0.15) is 11.2 Å². The van der Waals surface area contributed by atoms with E-state index in [1.54, 1.807) is 29.1 Å². The molecule has 0 spiro atoms. The van der Waals surface area contributed by atoms with E-state index in [1.165, 1.54) is 4.31 Å². The van der Waals surface area contributed by atoms with Crippen molar-refractivity contribution in [3.05, 3.63) is 42.0 Å². The Bertz CT molecular complexity index is 1040. The van der Waals surface area contributed by atoms with Gasteiger partial charge < -0.3 is 4.90 Å². The van der Waals surface area contributed by atoms with Crippen LogP contribution < -0.4 is 0 Å². The van der Waals surface area contributed by atoms with E-state index in [1.807, 2.05) is 11.0 Å². The van der Waals surface area contributed by atoms with Crippen LogP contribution in [-0.4, -0.2) is 52.2 Å². The Kier molecular flexibility index (Phi) is 5.72. The van der Waals surface area contributed by atoms with Gasteiger partial charge in [0.05, 0.1) is 17.9 Å². The summed E-state index contributed by atoms with van der Waals surface area (Å²) in [7, 11) is -3.67. The Morgan fingerprint density at radius 1 is 1.23 bits per heavy atom. The average molecular weight is 431 g/mol. The number of nitrogens with zero attached hydrogens (tertiary/aromatic N) is 4. The number of carbonyl (C=O) groups excluding carboxylic acids is 1. The SMILES string of the molecule is CC(C)CCN1Cc2c(C(=O)N3CCCCC3C)ncn2-c2ccccc2S1(=O)=O. The average Bonchev–Trinajstić information content (AvgIpc) is 3.10. The quantitative estimate of drug-likeness (QED) is 0.745. The lowest BCUT2D eigenvalue weighted by atomic mass is 10.0. The van der Waals surface area contributed by atoms with Gasteiger partial charge in [0.15, 0.2) is 5.69 Å². The number of fused-ring (bicyclic) bond motifs is 3. The standard InChI is InChI=1S/C22H30N4O3S/c1-16(2)11-13-24-14-19-21(22(27)25-12-7-6-8-17(25)3)23-15-26(19)18-9-4-5-10-20(18)30(24,28)29/h4-5,9-10,15-17H,6-8,11-14H2,1-3H3. The topological polar surface area (TPSA) is 75.5 Å². The molecule has 4 rings (SSSR count). The number of sulfonamides is 1. The van der Waals surface area contributed by atoms with Gasteiger partial charge in [-0.25, -0.2) is 13.4 Å².